The number of benzene rings is 2. The highest BCUT2D eigenvalue weighted by Gasteiger charge is 2.25. The van der Waals surface area contributed by atoms with Crippen LogP contribution in [0.4, 0.5) is 0 Å². The van der Waals surface area contributed by atoms with Crippen molar-refractivity contribution in [1.82, 2.24) is 0 Å². The Balaban J connectivity index is 1.62. The minimum atomic E-state index is -0.268. The molecular formula is C23H28N2O5+2. The van der Waals surface area contributed by atoms with Crippen LogP contribution in [0.1, 0.15) is 12.5 Å². The molecule has 0 amide bonds. The summed E-state index contributed by atoms with van der Waals surface area (Å²) in [6, 6.07) is 10.2. The number of nitrogens with one attached hydrogen (secondary N) is 2. The van der Waals surface area contributed by atoms with Gasteiger partial charge in [-0.25, -0.2) is 0 Å². The van der Waals surface area contributed by atoms with Crippen LogP contribution in [-0.4, -0.2) is 44.9 Å². The number of phenols is 1. The van der Waals surface area contributed by atoms with E-state index in [2.05, 4.69) is 6.92 Å². The summed E-state index contributed by atoms with van der Waals surface area (Å²) in [6.07, 6.45) is 1.32. The zero-order valence-corrected chi connectivity index (χ0v) is 17.4. The third-order valence-corrected chi connectivity index (χ3v) is 5.85. The molecule has 1 aliphatic rings. The molecule has 30 heavy (non-hydrogen) atoms. The topological polar surface area (TPSA) is 77.8 Å². The lowest BCUT2D eigenvalue weighted by Crippen LogP contribution is -3.27. The van der Waals surface area contributed by atoms with Gasteiger partial charge in [0.15, 0.2) is 5.58 Å². The van der Waals surface area contributed by atoms with Crippen LogP contribution in [0.5, 0.6) is 23.0 Å². The van der Waals surface area contributed by atoms with Gasteiger partial charge in [-0.15, -0.1) is 0 Å². The molecule has 1 saturated heterocycles. The van der Waals surface area contributed by atoms with Crippen LogP contribution in [0.2, 0.25) is 0 Å². The fourth-order valence-electron chi connectivity index (χ4n) is 4.00. The molecule has 4 rings (SSSR count). The number of quaternary nitrogens is 2. The standard InChI is InChI=1S/C23H26N2O5/c1-3-24-9-11-25(12-10-24)14-19-20(26)8-7-18-22(27)21(15-29-23(18)19)30-17-6-4-5-16(13-17)28-2/h4-8,13,15,26H,3,9-12,14H2,1-2H3/p+2. The predicted molar refractivity (Wildman–Crippen MR) is 113 cm³/mol. The first-order valence-electron chi connectivity index (χ1n) is 10.3. The van der Waals surface area contributed by atoms with Crippen LogP contribution in [0.25, 0.3) is 11.0 Å². The summed E-state index contributed by atoms with van der Waals surface area (Å²) in [5.41, 5.74) is 0.832. The molecule has 0 radical (unpaired) electrons. The molecule has 7 heteroatoms. The second-order valence-corrected chi connectivity index (χ2v) is 7.68. The van der Waals surface area contributed by atoms with Crippen molar-refractivity contribution in [2.24, 2.45) is 0 Å². The Morgan fingerprint density at radius 3 is 2.53 bits per heavy atom. The van der Waals surface area contributed by atoms with Crippen molar-refractivity contribution in [2.45, 2.75) is 13.5 Å². The van der Waals surface area contributed by atoms with E-state index in [4.69, 9.17) is 13.9 Å². The lowest BCUT2D eigenvalue weighted by atomic mass is 10.1. The van der Waals surface area contributed by atoms with E-state index in [1.54, 1.807) is 48.4 Å². The molecule has 3 N–H and O–H groups in total. The van der Waals surface area contributed by atoms with E-state index in [-0.39, 0.29) is 16.9 Å². The monoisotopic (exact) mass is 412 g/mol. The molecule has 3 aromatic rings. The normalized spacial score (nSPS) is 19.0. The van der Waals surface area contributed by atoms with Gasteiger partial charge in [0, 0.05) is 6.07 Å². The summed E-state index contributed by atoms with van der Waals surface area (Å²) in [5, 5.41) is 10.9. The minimum Gasteiger partial charge on any atom is -0.507 e. The molecule has 0 atom stereocenters. The minimum absolute atomic E-state index is 0.0971. The van der Waals surface area contributed by atoms with Crippen LogP contribution in [0.3, 0.4) is 0 Å². The number of fused-ring (bicyclic) bond motifs is 1. The maximum absolute atomic E-state index is 13.0. The van der Waals surface area contributed by atoms with Gasteiger partial charge in [0.2, 0.25) is 11.2 Å². The molecule has 7 nitrogen and oxygen atoms in total. The highest BCUT2D eigenvalue weighted by atomic mass is 16.5. The summed E-state index contributed by atoms with van der Waals surface area (Å²) in [7, 11) is 1.57. The molecule has 1 fully saturated rings. The zero-order valence-electron chi connectivity index (χ0n) is 17.4. The van der Waals surface area contributed by atoms with Gasteiger partial charge in [0.25, 0.3) is 0 Å². The molecule has 0 bridgehead atoms. The summed E-state index contributed by atoms with van der Waals surface area (Å²) >= 11 is 0. The lowest BCUT2D eigenvalue weighted by Gasteiger charge is -2.29. The van der Waals surface area contributed by atoms with E-state index in [9.17, 15) is 9.90 Å². The van der Waals surface area contributed by atoms with Crippen LogP contribution in [0, 0.1) is 0 Å². The number of ether oxygens (including phenoxy) is 2. The van der Waals surface area contributed by atoms with Crippen molar-refractivity contribution in [3.8, 4) is 23.0 Å². The second kappa shape index (κ2) is 8.77. The SMILES string of the molecule is CC[NH+]1CC[NH+](Cc2c(O)ccc3c(=O)c(Oc4cccc(OC)c4)coc23)CC1. The number of rotatable bonds is 6. The van der Waals surface area contributed by atoms with Crippen molar-refractivity contribution in [2.75, 3.05) is 39.8 Å². The van der Waals surface area contributed by atoms with Crippen molar-refractivity contribution >= 4 is 11.0 Å². The number of piperazine rings is 1. The number of hydrogen-bond donors (Lipinski definition) is 3. The first-order chi connectivity index (χ1) is 14.6. The molecule has 2 heterocycles. The van der Waals surface area contributed by atoms with Gasteiger partial charge in [-0.3, -0.25) is 4.79 Å². The smallest absolute Gasteiger partial charge is 0.235 e. The molecule has 0 aliphatic carbocycles. The summed E-state index contributed by atoms with van der Waals surface area (Å²) in [6.45, 7) is 8.24. The van der Waals surface area contributed by atoms with Gasteiger partial charge in [-0.05, 0) is 31.2 Å². The van der Waals surface area contributed by atoms with E-state index < -0.39 is 0 Å². The third-order valence-electron chi connectivity index (χ3n) is 5.85. The number of likely N-dealkylation sites (N-methyl/N-ethyl adjacent to an activating group) is 1. The van der Waals surface area contributed by atoms with Gasteiger partial charge >= 0.3 is 0 Å². The quantitative estimate of drug-likeness (QED) is 0.553. The molecule has 0 saturated carbocycles. The highest BCUT2D eigenvalue weighted by Crippen LogP contribution is 2.29. The Morgan fingerprint density at radius 1 is 1.07 bits per heavy atom. The molecule has 1 aromatic heterocycles. The van der Waals surface area contributed by atoms with Crippen molar-refractivity contribution in [1.29, 1.82) is 0 Å². The van der Waals surface area contributed by atoms with E-state index in [1.165, 1.54) is 11.2 Å². The first kappa shape index (κ1) is 20.3. The number of methoxy groups -OCH3 is 1. The zero-order chi connectivity index (χ0) is 21.1. The fraction of sp³-hybridized carbons (Fsp3) is 0.348. The fourth-order valence-corrected chi connectivity index (χ4v) is 4.00. The Kier molecular flexibility index (Phi) is 5.92. The second-order valence-electron chi connectivity index (χ2n) is 7.68. The molecule has 0 unspecified atom stereocenters. The van der Waals surface area contributed by atoms with Crippen LogP contribution in [0.15, 0.2) is 51.9 Å². The van der Waals surface area contributed by atoms with Crippen LogP contribution >= 0.6 is 0 Å². The number of phenolic OH excluding ortho intramolecular Hbond substituents is 1. The summed E-state index contributed by atoms with van der Waals surface area (Å²) < 4.78 is 16.8. The average Bonchev–Trinajstić information content (AvgIpc) is 2.78. The Morgan fingerprint density at radius 2 is 1.80 bits per heavy atom. The van der Waals surface area contributed by atoms with E-state index in [0.717, 1.165) is 32.7 Å². The van der Waals surface area contributed by atoms with E-state index in [0.29, 0.717) is 34.6 Å². The maximum atomic E-state index is 13.0. The summed E-state index contributed by atoms with van der Waals surface area (Å²) in [4.78, 5) is 16.0. The van der Waals surface area contributed by atoms with Crippen molar-refractivity contribution < 1.29 is 28.8 Å². The largest absolute Gasteiger partial charge is 0.507 e. The first-order valence-corrected chi connectivity index (χ1v) is 10.3. The van der Waals surface area contributed by atoms with E-state index in [1.807, 2.05) is 0 Å². The van der Waals surface area contributed by atoms with Gasteiger partial charge in [0.05, 0.1) is 24.6 Å². The molecule has 1 aliphatic heterocycles. The van der Waals surface area contributed by atoms with Crippen molar-refractivity contribution in [3.63, 3.8) is 0 Å². The highest BCUT2D eigenvalue weighted by molar-refractivity contribution is 5.82. The number of aromatic hydroxyl groups is 1. The van der Waals surface area contributed by atoms with Gasteiger partial charge in [0.1, 0.15) is 56.2 Å². The maximum Gasteiger partial charge on any atom is 0.235 e. The van der Waals surface area contributed by atoms with Crippen LogP contribution < -0.4 is 24.7 Å². The summed E-state index contributed by atoms with van der Waals surface area (Å²) in [5.74, 6) is 1.38. The molecule has 2 aromatic carbocycles. The number of hydrogen-bond acceptors (Lipinski definition) is 5. The van der Waals surface area contributed by atoms with Gasteiger partial charge in [-0.1, -0.05) is 6.07 Å². The lowest BCUT2D eigenvalue weighted by molar-refractivity contribution is -1.02. The Labute approximate surface area is 175 Å². The molecule has 0 spiro atoms. The predicted octanol–water partition coefficient (Wildman–Crippen LogP) is 0.603. The Bertz CT molecular complexity index is 1090. The van der Waals surface area contributed by atoms with Crippen molar-refractivity contribution in [3.05, 3.63) is 58.4 Å². The molecular weight excluding hydrogens is 384 g/mol. The third kappa shape index (κ3) is 4.13. The van der Waals surface area contributed by atoms with Gasteiger partial charge in [-0.2, -0.15) is 0 Å². The molecule has 158 valence electrons. The average molecular weight is 412 g/mol. The van der Waals surface area contributed by atoms with Crippen LogP contribution in [-0.2, 0) is 6.54 Å². The Hall–Kier alpha value is -3.03. The van der Waals surface area contributed by atoms with Gasteiger partial charge < -0.3 is 28.8 Å². The van der Waals surface area contributed by atoms with E-state index >= 15 is 0 Å².